The van der Waals surface area contributed by atoms with Crippen molar-refractivity contribution in [1.82, 2.24) is 47.4 Å². The van der Waals surface area contributed by atoms with Gasteiger partial charge in [0.05, 0.1) is 37.3 Å². The van der Waals surface area contributed by atoms with Gasteiger partial charge in [0, 0.05) is 132 Å². The maximum atomic E-state index is 11.7. The van der Waals surface area contributed by atoms with Crippen molar-refractivity contribution in [3.63, 3.8) is 0 Å². The molecule has 138 heavy (non-hydrogen) atoms. The molecule has 1 atom stereocenters. The van der Waals surface area contributed by atoms with Crippen LogP contribution in [0.25, 0.3) is 0 Å². The highest BCUT2D eigenvalue weighted by molar-refractivity contribution is 8.00. The number of carbonyl (C=O) groups excluding carboxylic acids is 8. The van der Waals surface area contributed by atoms with E-state index in [1.807, 2.05) is 166 Å². The summed E-state index contributed by atoms with van der Waals surface area (Å²) in [5, 5.41) is 26.9. The van der Waals surface area contributed by atoms with Crippen LogP contribution < -0.4 is 48.3 Å². The van der Waals surface area contributed by atoms with E-state index in [2.05, 4.69) is 275 Å². The summed E-state index contributed by atoms with van der Waals surface area (Å²) < 4.78 is 10.7. The first-order chi connectivity index (χ1) is 60.9. The summed E-state index contributed by atoms with van der Waals surface area (Å²) in [7, 11) is 2.06. The van der Waals surface area contributed by atoms with E-state index in [0.717, 1.165) is 90.1 Å². The molecule has 0 aromatic heterocycles. The van der Waals surface area contributed by atoms with E-state index >= 15 is 0 Å². The lowest BCUT2D eigenvalue weighted by Gasteiger charge is -2.31. The number of hydrogen-bond donors (Lipinski definition) is 9. The molecule has 0 fully saturated rings. The van der Waals surface area contributed by atoms with Crippen LogP contribution in [0, 0.1) is 48.7 Å². The van der Waals surface area contributed by atoms with Crippen LogP contribution in [-0.4, -0.2) is 216 Å². The highest BCUT2D eigenvalue weighted by atomic mass is 32.2. The Balaban J connectivity index is -0.000000194. The van der Waals surface area contributed by atoms with Gasteiger partial charge in [0.25, 0.3) is 0 Å². The Labute approximate surface area is 867 Å². The van der Waals surface area contributed by atoms with Gasteiger partial charge >= 0.3 is 0 Å². The molecule has 0 aliphatic heterocycles. The number of likely N-dealkylation sites (N-methyl/N-ethyl adjacent to an activating group) is 1. The number of amides is 1. The standard InChI is InChI=1S/C15H31NO.C15H31N.C13H26N2O2S.C13H27NO2.C13H27NO.C13H27N.C12H25NO2.C12H25NOS.C10H21NO/c1-14(2,3)13(17)11-9-7-8-10-12-16-15(4,5)6;1-13(14(2,3)4)11-9-8-10-12-16-15(5,6)7;1-12(2,3)10(16)8-18-7-9(11(14)17)15-13(4,5)6;1-12(2,3)11(15)10-16-9-8-14(7)13(4,5)6;1-12(2,3)11(15)9-7-8-10-14-13(4,5)6;1-11(12(2,3)4)9-8-10-14-13(5,6)7;2*1-11(2,3)10(14)9-15-8-7-13-12(4,5)6;1-9(2,3)8(12)7-11-10(4,5)6/h16H,7-12H2,1-6H3;16H,1,8-12H2,2-7H3;9,15H,7-8H2,1-6H3,(H2,14,17);8-10H2,1-7H3;14H,7-10H2,1-6H3;14H,1,8-10H2,2-7H3;2*13H,7-9H2,1-6H3;11H,7H2,1-6H3/t;;9-;;;;;;/m..1....../s1. The van der Waals surface area contributed by atoms with Crippen molar-refractivity contribution < 1.29 is 47.8 Å². The summed E-state index contributed by atoms with van der Waals surface area (Å²) >= 11 is 3.17. The van der Waals surface area contributed by atoms with Crippen molar-refractivity contribution in [2.75, 3.05) is 109 Å². The molecule has 0 radical (unpaired) electrons. The Morgan fingerprint density at radius 1 is 0.283 bits per heavy atom. The second kappa shape index (κ2) is 70.7. The second-order valence-electron chi connectivity index (χ2n) is 56.2. The first-order valence-electron chi connectivity index (χ1n) is 52.3. The molecule has 22 heteroatoms. The van der Waals surface area contributed by atoms with Crippen LogP contribution in [0.15, 0.2) is 24.3 Å². The molecular weight excluding hydrogens is 1760 g/mol. The minimum absolute atomic E-state index is 0.0287. The number of nitrogens with one attached hydrogen (secondary N) is 8. The predicted octanol–water partition coefficient (Wildman–Crippen LogP) is 26.0. The molecule has 0 aromatic carbocycles. The molecule has 0 unspecified atom stereocenters. The second-order valence-corrected chi connectivity index (χ2v) is 58.4. The van der Waals surface area contributed by atoms with Crippen molar-refractivity contribution in [1.29, 1.82) is 0 Å². The first-order valence-corrected chi connectivity index (χ1v) is 54.6. The first kappa shape index (κ1) is 153. The number of ketones is 7. The number of rotatable bonds is 45. The molecule has 0 bridgehead atoms. The third-order valence-corrected chi connectivity index (χ3v) is 23.0. The van der Waals surface area contributed by atoms with Crippen molar-refractivity contribution in [2.45, 2.75) is 520 Å². The van der Waals surface area contributed by atoms with Crippen molar-refractivity contribution in [3.8, 4) is 0 Å². The molecule has 10 N–H and O–H groups in total. The van der Waals surface area contributed by atoms with E-state index in [1.165, 1.54) is 74.3 Å². The molecule has 826 valence electrons. The lowest BCUT2D eigenvalue weighted by atomic mass is 9.84. The van der Waals surface area contributed by atoms with Crippen molar-refractivity contribution in [3.05, 3.63) is 24.3 Å². The smallest absolute Gasteiger partial charge is 0.235 e. The summed E-state index contributed by atoms with van der Waals surface area (Å²) in [6, 6.07) is -0.400. The van der Waals surface area contributed by atoms with Crippen LogP contribution in [0.2, 0.25) is 0 Å². The largest absolute Gasteiger partial charge is 0.372 e. The molecule has 0 saturated heterocycles. The fourth-order valence-corrected chi connectivity index (χ4v) is 12.2. The Bertz CT molecular complexity index is 3150. The van der Waals surface area contributed by atoms with Gasteiger partial charge in [-0.2, -0.15) is 23.5 Å². The molecular formula is C116H240N10O10S2. The van der Waals surface area contributed by atoms with Crippen molar-refractivity contribution in [2.24, 2.45) is 54.5 Å². The SMILES string of the molecule is C=C(CCCCCNC(C)(C)C)C(C)(C)C.C=C(CCCNC(C)(C)C)C(C)(C)C.CC(C)(C)NCC(=O)C(C)(C)C.CC(C)(C)NCCCCC(=O)C(C)(C)C.CC(C)(C)NCCCCCCC(=O)C(C)(C)C.CC(C)(C)NCCOCC(=O)C(C)(C)C.CC(C)(C)NCCSCC(=O)C(C)(C)C.CC(C)(C)N[C@H](CSCC(=O)C(C)(C)C)C(N)=O.CN(CCOCC(=O)C(C)(C)C)C(C)(C)C. The highest BCUT2D eigenvalue weighted by Gasteiger charge is 2.30. The number of thioether (sulfide) groups is 2. The number of nitrogens with zero attached hydrogens (tertiary/aromatic N) is 1. The van der Waals surface area contributed by atoms with E-state index in [-0.39, 0.29) is 141 Å². The number of allylic oxidation sites excluding steroid dienone is 2. The number of carbonyl (C=O) groups is 8. The van der Waals surface area contributed by atoms with E-state index in [4.69, 9.17) is 15.2 Å². The highest BCUT2D eigenvalue weighted by Crippen LogP contribution is 2.30. The zero-order valence-corrected chi connectivity index (χ0v) is 104. The Hall–Kier alpha value is -3.10. The summed E-state index contributed by atoms with van der Waals surface area (Å²) in [5.41, 5.74) is 8.18. The number of unbranched alkanes of at least 4 members (excludes halogenated alkanes) is 6. The summed E-state index contributed by atoms with van der Waals surface area (Å²) in [4.78, 5) is 94.6. The molecule has 1 amide bonds. The van der Waals surface area contributed by atoms with Gasteiger partial charge in [-0.15, -0.1) is 0 Å². The fourth-order valence-electron chi connectivity index (χ4n) is 9.96. The molecule has 0 aliphatic rings. The summed E-state index contributed by atoms with van der Waals surface area (Å²) in [5.74, 6) is 4.06. The van der Waals surface area contributed by atoms with Gasteiger partial charge in [-0.3, -0.25) is 43.3 Å². The zero-order chi connectivity index (χ0) is 112. The number of Topliss-reactive ketones (excluding diaryl/α,β-unsaturated/α-hetero) is 7. The topological polar surface area (TPSA) is 281 Å². The van der Waals surface area contributed by atoms with Crippen LogP contribution in [0.4, 0.5) is 0 Å². The normalized spacial score (nSPS) is 13.2. The van der Waals surface area contributed by atoms with E-state index in [0.29, 0.717) is 54.4 Å². The molecule has 0 rings (SSSR count). The van der Waals surface area contributed by atoms with Crippen LogP contribution in [-0.2, 0) is 47.8 Å². The minimum Gasteiger partial charge on any atom is -0.372 e. The van der Waals surface area contributed by atoms with Gasteiger partial charge in [-0.1, -0.05) is 231 Å². The summed E-state index contributed by atoms with van der Waals surface area (Å²) in [6.07, 6.45) is 15.6. The molecule has 0 spiro atoms. The number of primary amides is 1. The monoisotopic (exact) mass is 2000 g/mol. The van der Waals surface area contributed by atoms with Gasteiger partial charge < -0.3 is 57.7 Å². The quantitative estimate of drug-likeness (QED) is 0.0202. The third-order valence-electron chi connectivity index (χ3n) is 21.0. The lowest BCUT2D eigenvalue weighted by molar-refractivity contribution is -0.131. The third kappa shape index (κ3) is 116. The maximum Gasteiger partial charge on any atom is 0.235 e. The molecule has 20 nitrogen and oxygen atoms in total. The molecule has 0 aromatic rings. The van der Waals surface area contributed by atoms with Gasteiger partial charge in [0.1, 0.15) is 36.3 Å². The zero-order valence-electron chi connectivity index (χ0n) is 102. The summed E-state index contributed by atoms with van der Waals surface area (Å²) in [6.45, 7) is 129. The van der Waals surface area contributed by atoms with Crippen LogP contribution in [0.5, 0.6) is 0 Å². The van der Waals surface area contributed by atoms with Crippen LogP contribution >= 0.6 is 23.5 Å². The van der Waals surface area contributed by atoms with Gasteiger partial charge in [0.15, 0.2) is 17.3 Å². The van der Waals surface area contributed by atoms with Gasteiger partial charge in [-0.05, 0) is 289 Å². The minimum atomic E-state index is -0.400. The number of nitrogens with two attached hydrogens (primary N) is 1. The Morgan fingerprint density at radius 2 is 0.543 bits per heavy atom. The van der Waals surface area contributed by atoms with Crippen LogP contribution in [0.3, 0.4) is 0 Å². The maximum absolute atomic E-state index is 11.7. The van der Waals surface area contributed by atoms with E-state index < -0.39 is 6.04 Å². The number of hydrogen-bond acceptors (Lipinski definition) is 21. The molecule has 0 aliphatic carbocycles. The number of ether oxygens (including phenoxy) is 2. The predicted molar refractivity (Wildman–Crippen MR) is 612 cm³/mol. The van der Waals surface area contributed by atoms with Crippen molar-refractivity contribution >= 4 is 69.9 Å². The Kier molecular flexibility index (Phi) is 78.2. The van der Waals surface area contributed by atoms with E-state index in [1.54, 1.807) is 11.8 Å². The fraction of sp³-hybridized carbons (Fsp3) is 0.897. The lowest BCUT2D eigenvalue weighted by Crippen LogP contribution is -2.51. The average Bonchev–Trinajstić information content (AvgIpc) is 0.893. The van der Waals surface area contributed by atoms with Crippen LogP contribution in [0.1, 0.15) is 464 Å². The molecule has 0 heterocycles. The average molecular weight is 2000 g/mol. The van der Waals surface area contributed by atoms with E-state index in [9.17, 15) is 38.4 Å². The van der Waals surface area contributed by atoms with Gasteiger partial charge in [-0.25, -0.2) is 0 Å². The van der Waals surface area contributed by atoms with Gasteiger partial charge in [0.2, 0.25) is 5.91 Å². The Morgan fingerprint density at radius 3 is 0.841 bits per heavy atom. The molecule has 0 saturated carbocycles.